The third-order valence-electron chi connectivity index (χ3n) is 3.33. The summed E-state index contributed by atoms with van der Waals surface area (Å²) in [6.07, 6.45) is 3.31. The average molecular weight is 275 g/mol. The van der Waals surface area contributed by atoms with Gasteiger partial charge in [0.1, 0.15) is 0 Å². The first-order chi connectivity index (χ1) is 9.61. The molecule has 1 heterocycles. The van der Waals surface area contributed by atoms with Gasteiger partial charge in [0.25, 0.3) is 5.69 Å². The molecule has 0 aromatic heterocycles. The maximum Gasteiger partial charge on any atom is 0.269 e. The van der Waals surface area contributed by atoms with Gasteiger partial charge in [-0.15, -0.1) is 0 Å². The van der Waals surface area contributed by atoms with Crippen LogP contribution < -0.4 is 4.90 Å². The molecule has 106 valence electrons. The predicted molar refractivity (Wildman–Crippen MR) is 76.7 cm³/mol. The fraction of sp³-hybridized carbons (Fsp3) is 0.357. The maximum atomic E-state index is 11.7. The molecular formula is C14H17N3O3. The first kappa shape index (κ1) is 14.0. The molecular weight excluding hydrogens is 258 g/mol. The van der Waals surface area contributed by atoms with Crippen LogP contribution in [0.1, 0.15) is 6.92 Å². The molecule has 6 heteroatoms. The Morgan fingerprint density at radius 1 is 1.20 bits per heavy atom. The number of hydrogen-bond donors (Lipinski definition) is 0. The smallest absolute Gasteiger partial charge is 0.269 e. The summed E-state index contributed by atoms with van der Waals surface area (Å²) in [6, 6.07) is 6.52. The number of carbonyl (C=O) groups is 1. The molecule has 0 saturated carbocycles. The van der Waals surface area contributed by atoms with Crippen molar-refractivity contribution >= 4 is 17.3 Å². The van der Waals surface area contributed by atoms with Crippen LogP contribution in [0, 0.1) is 10.1 Å². The fourth-order valence-corrected chi connectivity index (χ4v) is 2.22. The molecule has 0 N–H and O–H groups in total. The van der Waals surface area contributed by atoms with Crippen LogP contribution in [-0.4, -0.2) is 41.9 Å². The summed E-state index contributed by atoms with van der Waals surface area (Å²) in [6.45, 7) is 4.63. The van der Waals surface area contributed by atoms with Crippen LogP contribution in [0.5, 0.6) is 0 Å². The van der Waals surface area contributed by atoms with Crippen LogP contribution >= 0.6 is 0 Å². The Balaban J connectivity index is 1.96. The monoisotopic (exact) mass is 275 g/mol. The minimum Gasteiger partial charge on any atom is -0.368 e. The number of piperazine rings is 1. The number of anilines is 1. The molecule has 2 rings (SSSR count). The number of rotatable bonds is 3. The van der Waals surface area contributed by atoms with Gasteiger partial charge in [0.05, 0.1) is 4.92 Å². The van der Waals surface area contributed by atoms with E-state index in [2.05, 4.69) is 4.90 Å². The lowest BCUT2D eigenvalue weighted by Crippen LogP contribution is -2.48. The molecule has 0 atom stereocenters. The summed E-state index contributed by atoms with van der Waals surface area (Å²) in [5, 5.41) is 10.6. The van der Waals surface area contributed by atoms with E-state index in [0.29, 0.717) is 13.1 Å². The van der Waals surface area contributed by atoms with Crippen molar-refractivity contribution in [3.8, 4) is 0 Å². The summed E-state index contributed by atoms with van der Waals surface area (Å²) >= 11 is 0. The highest BCUT2D eigenvalue weighted by Crippen LogP contribution is 2.20. The number of amides is 1. The number of non-ortho nitro benzene ring substituents is 1. The Labute approximate surface area is 117 Å². The first-order valence-electron chi connectivity index (χ1n) is 6.53. The van der Waals surface area contributed by atoms with E-state index in [1.165, 1.54) is 12.1 Å². The third kappa shape index (κ3) is 3.14. The van der Waals surface area contributed by atoms with E-state index in [-0.39, 0.29) is 11.6 Å². The molecule has 6 nitrogen and oxygen atoms in total. The van der Waals surface area contributed by atoms with E-state index < -0.39 is 4.92 Å². The Bertz CT molecular complexity index is 517. The summed E-state index contributed by atoms with van der Waals surface area (Å²) in [5.41, 5.74) is 1.05. The first-order valence-corrected chi connectivity index (χ1v) is 6.53. The number of nitrogens with zero attached hydrogens (tertiary/aromatic N) is 3. The molecule has 0 spiro atoms. The SMILES string of the molecule is C/C=C\C(=O)N1CCN(c2ccc([N+](=O)[O-])cc2)CC1. The van der Waals surface area contributed by atoms with E-state index in [9.17, 15) is 14.9 Å². The van der Waals surface area contributed by atoms with Crippen LogP contribution in [0.15, 0.2) is 36.4 Å². The largest absolute Gasteiger partial charge is 0.368 e. The quantitative estimate of drug-likeness (QED) is 0.479. The molecule has 20 heavy (non-hydrogen) atoms. The molecule has 1 saturated heterocycles. The summed E-state index contributed by atoms with van der Waals surface area (Å²) < 4.78 is 0. The zero-order chi connectivity index (χ0) is 14.5. The number of nitro benzene ring substituents is 1. The minimum atomic E-state index is -0.405. The molecule has 1 aromatic carbocycles. The molecule has 0 radical (unpaired) electrons. The highest BCUT2D eigenvalue weighted by molar-refractivity contribution is 5.87. The van der Waals surface area contributed by atoms with Crippen molar-refractivity contribution in [3.63, 3.8) is 0 Å². The average Bonchev–Trinajstić information content (AvgIpc) is 2.48. The van der Waals surface area contributed by atoms with E-state index in [0.717, 1.165) is 18.8 Å². The van der Waals surface area contributed by atoms with Gasteiger partial charge in [-0.3, -0.25) is 14.9 Å². The second-order valence-corrected chi connectivity index (χ2v) is 4.59. The summed E-state index contributed by atoms with van der Waals surface area (Å²) in [5.74, 6) is 0.0378. The minimum absolute atomic E-state index is 0.0378. The standard InChI is InChI=1S/C14H17N3O3/c1-2-3-14(18)16-10-8-15(9-11-16)12-4-6-13(7-5-12)17(19)20/h2-7H,8-11H2,1H3/b3-2-. The van der Waals surface area contributed by atoms with Gasteiger partial charge in [0.2, 0.25) is 5.91 Å². The molecule has 1 amide bonds. The molecule has 1 fully saturated rings. The van der Waals surface area contributed by atoms with Crippen molar-refractivity contribution in [3.05, 3.63) is 46.5 Å². The van der Waals surface area contributed by atoms with E-state index in [1.54, 1.807) is 24.3 Å². The molecule has 1 aromatic rings. The van der Waals surface area contributed by atoms with Crippen molar-refractivity contribution in [2.45, 2.75) is 6.92 Å². The Hall–Kier alpha value is -2.37. The van der Waals surface area contributed by atoms with E-state index in [1.807, 2.05) is 11.8 Å². The van der Waals surface area contributed by atoms with Gasteiger partial charge in [0.15, 0.2) is 0 Å². The van der Waals surface area contributed by atoms with Crippen molar-refractivity contribution in [1.29, 1.82) is 0 Å². The maximum absolute atomic E-state index is 11.7. The van der Waals surface area contributed by atoms with Gasteiger partial charge < -0.3 is 9.80 Å². The van der Waals surface area contributed by atoms with Crippen molar-refractivity contribution in [2.75, 3.05) is 31.1 Å². The van der Waals surface area contributed by atoms with Crippen LogP contribution in [0.4, 0.5) is 11.4 Å². The second-order valence-electron chi connectivity index (χ2n) is 4.59. The normalized spacial score (nSPS) is 15.7. The van der Waals surface area contributed by atoms with Gasteiger partial charge >= 0.3 is 0 Å². The number of nitro groups is 1. The van der Waals surface area contributed by atoms with Gasteiger partial charge in [-0.1, -0.05) is 6.08 Å². The Kier molecular flexibility index (Phi) is 4.34. The van der Waals surface area contributed by atoms with Gasteiger partial charge in [-0.05, 0) is 25.1 Å². The van der Waals surface area contributed by atoms with E-state index >= 15 is 0 Å². The van der Waals surface area contributed by atoms with Crippen LogP contribution in [0.2, 0.25) is 0 Å². The molecule has 0 aliphatic carbocycles. The number of allylic oxidation sites excluding steroid dienone is 1. The van der Waals surface area contributed by atoms with E-state index in [4.69, 9.17) is 0 Å². The predicted octanol–water partition coefficient (Wildman–Crippen LogP) is 1.82. The number of hydrogen-bond acceptors (Lipinski definition) is 4. The highest BCUT2D eigenvalue weighted by atomic mass is 16.6. The lowest BCUT2D eigenvalue weighted by molar-refractivity contribution is -0.384. The summed E-state index contributed by atoms with van der Waals surface area (Å²) in [4.78, 5) is 25.8. The third-order valence-corrected chi connectivity index (χ3v) is 3.33. The number of benzene rings is 1. The Morgan fingerprint density at radius 2 is 1.80 bits per heavy atom. The van der Waals surface area contributed by atoms with Crippen molar-refractivity contribution < 1.29 is 9.72 Å². The van der Waals surface area contributed by atoms with Crippen LogP contribution in [0.25, 0.3) is 0 Å². The summed E-state index contributed by atoms with van der Waals surface area (Å²) in [7, 11) is 0. The van der Waals surface area contributed by atoms with Crippen LogP contribution in [-0.2, 0) is 4.79 Å². The topological polar surface area (TPSA) is 66.7 Å². The second kappa shape index (κ2) is 6.18. The van der Waals surface area contributed by atoms with Crippen LogP contribution in [0.3, 0.4) is 0 Å². The lowest BCUT2D eigenvalue weighted by Gasteiger charge is -2.35. The molecule has 1 aliphatic rings. The van der Waals surface area contributed by atoms with Crippen molar-refractivity contribution in [1.82, 2.24) is 4.90 Å². The lowest BCUT2D eigenvalue weighted by atomic mass is 10.2. The van der Waals surface area contributed by atoms with Gasteiger partial charge in [-0.2, -0.15) is 0 Å². The zero-order valence-corrected chi connectivity index (χ0v) is 11.4. The number of carbonyl (C=O) groups excluding carboxylic acids is 1. The van der Waals surface area contributed by atoms with Gasteiger partial charge in [-0.25, -0.2) is 0 Å². The highest BCUT2D eigenvalue weighted by Gasteiger charge is 2.20. The van der Waals surface area contributed by atoms with Gasteiger partial charge in [0, 0.05) is 44.0 Å². The zero-order valence-electron chi connectivity index (χ0n) is 11.4. The molecule has 1 aliphatic heterocycles. The fourth-order valence-electron chi connectivity index (χ4n) is 2.22. The molecule has 0 bridgehead atoms. The Morgan fingerprint density at radius 3 is 2.30 bits per heavy atom. The van der Waals surface area contributed by atoms with Crippen molar-refractivity contribution in [2.24, 2.45) is 0 Å². The molecule has 0 unspecified atom stereocenters.